The molecule has 166 valence electrons. The highest BCUT2D eigenvalue weighted by Gasteiger charge is 2.22. The third-order valence-corrected chi connectivity index (χ3v) is 7.39. The van der Waals surface area contributed by atoms with Crippen LogP contribution in [-0.2, 0) is 14.6 Å². The third-order valence-electron chi connectivity index (χ3n) is 4.24. The third kappa shape index (κ3) is 5.15. The van der Waals surface area contributed by atoms with Gasteiger partial charge in [-0.05, 0) is 30.3 Å². The van der Waals surface area contributed by atoms with E-state index < -0.39 is 20.7 Å². The summed E-state index contributed by atoms with van der Waals surface area (Å²) in [7, 11) is -3.95. The number of nitrogens with one attached hydrogen (secondary N) is 2. The van der Waals surface area contributed by atoms with Crippen molar-refractivity contribution < 1.29 is 22.9 Å². The summed E-state index contributed by atoms with van der Waals surface area (Å²) in [6, 6.07) is 10.8. The lowest BCUT2D eigenvalue weighted by Gasteiger charge is -2.09. The molecule has 2 N–H and O–H groups in total. The number of carbonyl (C=O) groups is 2. The first-order valence-electron chi connectivity index (χ1n) is 9.25. The van der Waals surface area contributed by atoms with E-state index in [1.54, 1.807) is 32.0 Å². The molecule has 0 fully saturated rings. The van der Waals surface area contributed by atoms with Gasteiger partial charge in [0.05, 0.1) is 16.0 Å². The van der Waals surface area contributed by atoms with Gasteiger partial charge in [0.2, 0.25) is 15.7 Å². The first kappa shape index (κ1) is 23.0. The van der Waals surface area contributed by atoms with Crippen molar-refractivity contribution in [2.75, 3.05) is 10.6 Å². The maximum Gasteiger partial charge on any atom is 0.269 e. The van der Waals surface area contributed by atoms with Crippen molar-refractivity contribution in [3.63, 3.8) is 0 Å². The van der Waals surface area contributed by atoms with Gasteiger partial charge in [-0.3, -0.25) is 25.0 Å². The molecule has 0 saturated carbocycles. The Kier molecular flexibility index (Phi) is 6.65. The van der Waals surface area contributed by atoms with Gasteiger partial charge in [0, 0.05) is 29.3 Å². The van der Waals surface area contributed by atoms with E-state index in [1.807, 2.05) is 0 Å². The number of nitro benzene ring substituents is 1. The predicted octanol–water partition coefficient (Wildman–Crippen LogP) is 3.73. The van der Waals surface area contributed by atoms with E-state index in [1.165, 1.54) is 6.07 Å². The molecule has 0 unspecified atom stereocenters. The number of nitro groups is 1. The molecule has 2 aromatic carbocycles. The number of carbonyl (C=O) groups excluding carboxylic acids is 2. The number of sulfone groups is 1. The summed E-state index contributed by atoms with van der Waals surface area (Å²) < 4.78 is 25.3. The Hall–Kier alpha value is -3.64. The summed E-state index contributed by atoms with van der Waals surface area (Å²) in [6.45, 7) is 3.49. The predicted molar refractivity (Wildman–Crippen MR) is 119 cm³/mol. The summed E-state index contributed by atoms with van der Waals surface area (Å²) >= 11 is 0.752. The van der Waals surface area contributed by atoms with Gasteiger partial charge in [0.25, 0.3) is 11.6 Å². The molecule has 0 bridgehead atoms. The van der Waals surface area contributed by atoms with Crippen molar-refractivity contribution in [2.45, 2.75) is 23.0 Å². The van der Waals surface area contributed by atoms with Crippen LogP contribution in [0.4, 0.5) is 16.5 Å². The largest absolute Gasteiger partial charge is 0.326 e. The SMILES string of the molecule is CC(C)C(=O)Nc1cccc(C(=O)Nc2ncc(S(=O)(=O)c3ccc([N+](=O)[O-])cc3)s2)c1. The second kappa shape index (κ2) is 9.24. The highest BCUT2D eigenvalue weighted by Crippen LogP contribution is 2.29. The number of thiazole rings is 1. The molecule has 32 heavy (non-hydrogen) atoms. The summed E-state index contributed by atoms with van der Waals surface area (Å²) in [4.78, 5) is 38.3. The van der Waals surface area contributed by atoms with Gasteiger partial charge in [-0.2, -0.15) is 0 Å². The van der Waals surface area contributed by atoms with E-state index in [2.05, 4.69) is 15.6 Å². The zero-order valence-corrected chi connectivity index (χ0v) is 18.6. The van der Waals surface area contributed by atoms with E-state index in [-0.39, 0.29) is 37.3 Å². The Bertz CT molecular complexity index is 1280. The molecule has 0 aliphatic rings. The van der Waals surface area contributed by atoms with Crippen molar-refractivity contribution in [3.8, 4) is 0 Å². The second-order valence-corrected chi connectivity index (χ2v) is 10.1. The van der Waals surface area contributed by atoms with Crippen LogP contribution >= 0.6 is 11.3 Å². The number of hydrogen-bond donors (Lipinski definition) is 2. The number of non-ortho nitro benzene ring substituents is 1. The van der Waals surface area contributed by atoms with Gasteiger partial charge >= 0.3 is 0 Å². The maximum absolute atomic E-state index is 12.7. The topological polar surface area (TPSA) is 148 Å². The number of amides is 2. The maximum atomic E-state index is 12.7. The number of benzene rings is 2. The molecule has 3 rings (SSSR count). The van der Waals surface area contributed by atoms with Crippen LogP contribution in [0.1, 0.15) is 24.2 Å². The quantitative estimate of drug-likeness (QED) is 0.391. The molecule has 1 aromatic heterocycles. The lowest BCUT2D eigenvalue weighted by molar-refractivity contribution is -0.384. The molecule has 0 saturated heterocycles. The average Bonchev–Trinajstić information content (AvgIpc) is 3.23. The van der Waals surface area contributed by atoms with Crippen LogP contribution < -0.4 is 10.6 Å². The lowest BCUT2D eigenvalue weighted by atomic mass is 10.1. The molecule has 3 aromatic rings. The Morgan fingerprint density at radius 1 is 1.09 bits per heavy atom. The van der Waals surface area contributed by atoms with Crippen molar-refractivity contribution in [3.05, 3.63) is 70.4 Å². The first-order chi connectivity index (χ1) is 15.1. The average molecular weight is 475 g/mol. The fourth-order valence-electron chi connectivity index (χ4n) is 2.50. The highest BCUT2D eigenvalue weighted by molar-refractivity contribution is 7.93. The zero-order chi connectivity index (χ0) is 23.5. The number of aromatic nitrogens is 1. The van der Waals surface area contributed by atoms with Gasteiger partial charge < -0.3 is 5.32 Å². The van der Waals surface area contributed by atoms with Crippen molar-refractivity contribution in [2.24, 2.45) is 5.92 Å². The summed E-state index contributed by atoms with van der Waals surface area (Å²) in [5.41, 5.74) is 0.478. The molecule has 0 aliphatic carbocycles. The van der Waals surface area contributed by atoms with Crippen molar-refractivity contribution in [1.82, 2.24) is 4.98 Å². The molecular weight excluding hydrogens is 456 g/mol. The van der Waals surface area contributed by atoms with Crippen molar-refractivity contribution >= 4 is 49.5 Å². The number of nitrogens with zero attached hydrogens (tertiary/aromatic N) is 2. The fraction of sp³-hybridized carbons (Fsp3) is 0.150. The van der Waals surface area contributed by atoms with Crippen LogP contribution in [0.25, 0.3) is 0 Å². The number of rotatable bonds is 7. The molecule has 0 aliphatic heterocycles. The molecule has 1 heterocycles. The zero-order valence-electron chi connectivity index (χ0n) is 16.9. The smallest absolute Gasteiger partial charge is 0.269 e. The van der Waals surface area contributed by atoms with Gasteiger partial charge in [-0.25, -0.2) is 13.4 Å². The van der Waals surface area contributed by atoms with Crippen LogP contribution in [0.3, 0.4) is 0 Å². The van der Waals surface area contributed by atoms with Crippen molar-refractivity contribution in [1.29, 1.82) is 0 Å². The summed E-state index contributed by atoms with van der Waals surface area (Å²) in [6.07, 6.45) is 1.11. The Balaban J connectivity index is 1.75. The molecule has 2 amide bonds. The summed E-state index contributed by atoms with van der Waals surface area (Å²) in [5, 5.41) is 16.0. The van der Waals surface area contributed by atoms with Crippen LogP contribution in [0, 0.1) is 16.0 Å². The standard InChI is InChI=1S/C20H18N4O6S2/c1-12(2)18(25)22-14-5-3-4-13(10-14)19(26)23-20-21-11-17(31-20)32(29,30)16-8-6-15(7-9-16)24(27)28/h3-12H,1-2H3,(H,22,25)(H,21,23,26). The lowest BCUT2D eigenvalue weighted by Crippen LogP contribution is -2.18. The second-order valence-electron chi connectivity index (χ2n) is 6.92. The molecular formula is C20H18N4O6S2. The molecule has 0 radical (unpaired) electrons. The van der Waals surface area contributed by atoms with E-state index >= 15 is 0 Å². The Morgan fingerprint density at radius 3 is 2.41 bits per heavy atom. The summed E-state index contributed by atoms with van der Waals surface area (Å²) in [5.74, 6) is -0.943. The van der Waals surface area contributed by atoms with Gasteiger partial charge in [-0.1, -0.05) is 31.3 Å². The van der Waals surface area contributed by atoms with Gasteiger partial charge in [0.15, 0.2) is 5.13 Å². The fourth-order valence-corrected chi connectivity index (χ4v) is 4.93. The van der Waals surface area contributed by atoms with Crippen LogP contribution in [0.2, 0.25) is 0 Å². The minimum Gasteiger partial charge on any atom is -0.326 e. The van der Waals surface area contributed by atoms with E-state index in [9.17, 15) is 28.1 Å². The first-order valence-corrected chi connectivity index (χ1v) is 11.6. The highest BCUT2D eigenvalue weighted by atomic mass is 32.2. The van der Waals surface area contributed by atoms with E-state index in [0.717, 1.165) is 41.8 Å². The monoisotopic (exact) mass is 474 g/mol. The van der Waals surface area contributed by atoms with Crippen LogP contribution in [-0.4, -0.2) is 30.1 Å². The van der Waals surface area contributed by atoms with E-state index in [4.69, 9.17) is 0 Å². The van der Waals surface area contributed by atoms with Crippen LogP contribution in [0.5, 0.6) is 0 Å². The number of anilines is 2. The Labute approximate surface area is 187 Å². The van der Waals surface area contributed by atoms with Crippen LogP contribution in [0.15, 0.2) is 63.8 Å². The molecule has 0 spiro atoms. The van der Waals surface area contributed by atoms with Gasteiger partial charge in [-0.15, -0.1) is 0 Å². The number of hydrogen-bond acceptors (Lipinski definition) is 8. The Morgan fingerprint density at radius 2 is 1.78 bits per heavy atom. The normalized spacial score (nSPS) is 11.2. The minimum atomic E-state index is -3.95. The van der Waals surface area contributed by atoms with Gasteiger partial charge in [0.1, 0.15) is 4.21 Å². The van der Waals surface area contributed by atoms with E-state index in [0.29, 0.717) is 5.69 Å². The molecule has 12 heteroatoms. The molecule has 10 nitrogen and oxygen atoms in total. The molecule has 0 atom stereocenters. The minimum absolute atomic E-state index is 0.0621.